The maximum absolute atomic E-state index is 13.1. The molecule has 0 spiro atoms. The summed E-state index contributed by atoms with van der Waals surface area (Å²) >= 11 is 2.16. The van der Waals surface area contributed by atoms with Crippen molar-refractivity contribution in [1.29, 1.82) is 0 Å². The number of esters is 1. The number of thioether (sulfide) groups is 1. The third kappa shape index (κ3) is 6.34. The van der Waals surface area contributed by atoms with Crippen LogP contribution in [-0.2, 0) is 30.5 Å². The van der Waals surface area contributed by atoms with Crippen LogP contribution in [0.4, 0.5) is 18.3 Å². The summed E-state index contributed by atoms with van der Waals surface area (Å²) in [7, 11) is 0. The number of nitrogens with zero attached hydrogens (tertiary/aromatic N) is 4. The number of rotatable bonds is 8. The number of allylic oxidation sites excluding steroid dienone is 1. The molecule has 1 aromatic carbocycles. The molecule has 2 saturated heterocycles. The van der Waals surface area contributed by atoms with Crippen molar-refractivity contribution in [3.05, 3.63) is 63.8 Å². The van der Waals surface area contributed by atoms with Crippen LogP contribution in [0.3, 0.4) is 0 Å². The number of fused-ring (bicyclic) bond motifs is 1. The summed E-state index contributed by atoms with van der Waals surface area (Å²) in [6.07, 6.45) is -3.55. The van der Waals surface area contributed by atoms with E-state index in [1.165, 1.54) is 40.6 Å². The van der Waals surface area contributed by atoms with E-state index in [0.717, 1.165) is 28.0 Å². The van der Waals surface area contributed by atoms with Gasteiger partial charge in [-0.2, -0.15) is 13.2 Å². The van der Waals surface area contributed by atoms with Crippen LogP contribution in [0.1, 0.15) is 17.7 Å². The second-order valence-electron chi connectivity index (χ2n) is 9.74. The molecule has 236 valence electrons. The van der Waals surface area contributed by atoms with E-state index in [4.69, 9.17) is 5.73 Å². The van der Waals surface area contributed by atoms with Crippen LogP contribution in [0.5, 0.6) is 5.75 Å². The minimum atomic E-state index is -5.17. The average molecular weight is 667 g/mol. The molecule has 1 aromatic heterocycles. The molecule has 2 fully saturated rings. The zero-order chi connectivity index (χ0) is 32.6. The molecule has 19 heteroatoms. The lowest BCUT2D eigenvalue weighted by molar-refractivity contribution is -0.189. The monoisotopic (exact) mass is 666 g/mol. The topological polar surface area (TPSA) is 205 Å². The van der Waals surface area contributed by atoms with E-state index in [9.17, 15) is 47.5 Å². The number of nitrogens with two attached hydrogens (primary N) is 1. The maximum atomic E-state index is 13.1. The number of halogens is 3. The predicted molar refractivity (Wildman–Crippen MR) is 151 cm³/mol. The number of hydrogen-bond acceptors (Lipinski definition) is 12. The van der Waals surface area contributed by atoms with Crippen molar-refractivity contribution >= 4 is 63.6 Å². The van der Waals surface area contributed by atoms with E-state index in [1.807, 2.05) is 0 Å². The average Bonchev–Trinajstić information content (AvgIpc) is 3.56. The molecule has 3 aliphatic heterocycles. The molecule has 3 aliphatic rings. The van der Waals surface area contributed by atoms with Crippen LogP contribution in [0.25, 0.3) is 0 Å². The first-order valence-corrected chi connectivity index (χ1v) is 14.7. The standard InChI is InChI=1S/C26H21F3N6O8S2/c27-26(28,29)24(41)43-14-3-1-2-11(6-14)8-34-5-4-12(20(34)37)7-13-9-44-22-17(21(38)35(22)18(13)23(39)40)32-19(36)16(33-42)15-10-45-25(30)31-15/h1-3,6-7,10,17,22,42H,4-5,8-9H2,(H2,30,31)(H,32,36)(H,39,40)/b12-7+,33-16-/t17-,22-/m1/s1. The van der Waals surface area contributed by atoms with Gasteiger partial charge in [-0.3, -0.25) is 19.3 Å². The molecule has 2 atom stereocenters. The molecule has 5 rings (SSSR count). The normalized spacial score (nSPS) is 21.1. The van der Waals surface area contributed by atoms with Crippen molar-refractivity contribution < 1.29 is 52.2 Å². The SMILES string of the molecule is Nc1nc(/C(=N/O)C(=O)N[C@@H]2C(=O)N3C(C(=O)O)=C(/C=C4\CCN(Cc5cccc(OC(=O)C(F)(F)F)c5)C4=O)CS[C@H]23)cs1. The first-order valence-electron chi connectivity index (χ1n) is 12.8. The zero-order valence-corrected chi connectivity index (χ0v) is 24.2. The Morgan fingerprint density at radius 1 is 1.27 bits per heavy atom. The molecule has 2 aromatic rings. The van der Waals surface area contributed by atoms with E-state index in [2.05, 4.69) is 20.2 Å². The summed E-state index contributed by atoms with van der Waals surface area (Å²) in [5.74, 6) is -6.16. The molecule has 45 heavy (non-hydrogen) atoms. The lowest BCUT2D eigenvalue weighted by atomic mass is 10.0. The number of thiazole rings is 1. The number of β-lactam (4-membered cyclic amide) rings is 1. The number of hydrogen-bond donors (Lipinski definition) is 4. The summed E-state index contributed by atoms with van der Waals surface area (Å²) in [6.45, 7) is 0.201. The van der Waals surface area contributed by atoms with Gasteiger partial charge in [0.05, 0.1) is 0 Å². The van der Waals surface area contributed by atoms with E-state index in [0.29, 0.717) is 5.56 Å². The lowest BCUT2D eigenvalue weighted by Crippen LogP contribution is -2.71. The van der Waals surface area contributed by atoms with Crippen LogP contribution in [0.15, 0.2) is 57.7 Å². The molecular formula is C26H21F3N6O8S2. The molecule has 14 nitrogen and oxygen atoms in total. The van der Waals surface area contributed by atoms with Crippen molar-refractivity contribution in [2.45, 2.75) is 30.6 Å². The number of nitrogens with one attached hydrogen (secondary N) is 1. The quantitative estimate of drug-likeness (QED) is 0.0604. The second-order valence-corrected chi connectivity index (χ2v) is 11.7. The Morgan fingerprint density at radius 2 is 2.02 bits per heavy atom. The smallest absolute Gasteiger partial charge is 0.477 e. The Kier molecular flexibility index (Phi) is 8.57. The summed E-state index contributed by atoms with van der Waals surface area (Å²) in [6, 6.07) is 4.15. The van der Waals surface area contributed by atoms with Crippen molar-refractivity contribution in [1.82, 2.24) is 20.1 Å². The first-order chi connectivity index (χ1) is 21.3. The Morgan fingerprint density at radius 3 is 2.67 bits per heavy atom. The number of ether oxygens (including phenoxy) is 1. The minimum absolute atomic E-state index is 0.00896. The van der Waals surface area contributed by atoms with E-state index in [-0.39, 0.29) is 58.7 Å². The molecule has 0 saturated carbocycles. The lowest BCUT2D eigenvalue weighted by Gasteiger charge is -2.49. The van der Waals surface area contributed by atoms with Gasteiger partial charge in [-0.15, -0.1) is 23.1 Å². The van der Waals surface area contributed by atoms with E-state index < -0.39 is 53.0 Å². The second kappa shape index (κ2) is 12.2. The van der Waals surface area contributed by atoms with Crippen LogP contribution >= 0.6 is 23.1 Å². The number of amides is 3. The number of carboxylic acids is 1. The number of carboxylic acid groups (broad SMARTS) is 1. The van der Waals surface area contributed by atoms with Crippen LogP contribution in [-0.4, -0.2) is 90.4 Å². The number of benzene rings is 1. The number of likely N-dealkylation sites (tertiary alicyclic amines) is 1. The number of carbonyl (C=O) groups excluding carboxylic acids is 4. The van der Waals surface area contributed by atoms with Gasteiger partial charge in [-0.05, 0) is 35.8 Å². The summed E-state index contributed by atoms with van der Waals surface area (Å²) < 4.78 is 42.0. The van der Waals surface area contributed by atoms with E-state index >= 15 is 0 Å². The third-order valence-electron chi connectivity index (χ3n) is 6.84. The fraction of sp³-hybridized carbons (Fsp3) is 0.269. The zero-order valence-electron chi connectivity index (χ0n) is 22.6. The van der Waals surface area contributed by atoms with Gasteiger partial charge in [0.25, 0.3) is 11.8 Å². The van der Waals surface area contributed by atoms with Crippen molar-refractivity contribution in [2.75, 3.05) is 18.0 Å². The molecule has 0 aliphatic carbocycles. The molecule has 4 heterocycles. The Bertz CT molecular complexity index is 1700. The van der Waals surface area contributed by atoms with Gasteiger partial charge in [-0.25, -0.2) is 14.6 Å². The number of aliphatic carboxylic acids is 1. The maximum Gasteiger partial charge on any atom is 0.491 e. The van der Waals surface area contributed by atoms with Crippen molar-refractivity contribution in [3.63, 3.8) is 0 Å². The highest BCUT2D eigenvalue weighted by Crippen LogP contribution is 2.41. The Labute approximate surface area is 259 Å². The highest BCUT2D eigenvalue weighted by molar-refractivity contribution is 8.00. The summed E-state index contributed by atoms with van der Waals surface area (Å²) in [4.78, 5) is 68.6. The number of nitrogen functional groups attached to an aromatic ring is 1. The Hall–Kier alpha value is -4.91. The highest BCUT2D eigenvalue weighted by Gasteiger charge is 2.54. The fourth-order valence-corrected chi connectivity index (χ4v) is 6.68. The number of carbonyl (C=O) groups is 5. The molecule has 5 N–H and O–H groups in total. The summed E-state index contributed by atoms with van der Waals surface area (Å²) in [5.41, 5.74) is 5.57. The number of alkyl halides is 3. The number of oxime groups is 1. The molecule has 0 bridgehead atoms. The molecule has 0 radical (unpaired) electrons. The van der Waals surface area contributed by atoms with Crippen LogP contribution < -0.4 is 15.8 Å². The minimum Gasteiger partial charge on any atom is -0.477 e. The van der Waals surface area contributed by atoms with Gasteiger partial charge >= 0.3 is 18.1 Å². The van der Waals surface area contributed by atoms with Gasteiger partial charge in [0.15, 0.2) is 10.8 Å². The van der Waals surface area contributed by atoms with Gasteiger partial charge in [-0.1, -0.05) is 17.3 Å². The van der Waals surface area contributed by atoms with Gasteiger partial charge in [0.2, 0.25) is 5.91 Å². The van der Waals surface area contributed by atoms with Crippen molar-refractivity contribution in [3.8, 4) is 5.75 Å². The number of aromatic nitrogens is 1. The van der Waals surface area contributed by atoms with Gasteiger partial charge in [0, 0.05) is 29.8 Å². The third-order valence-corrected chi connectivity index (χ3v) is 8.82. The number of anilines is 1. The molecule has 0 unspecified atom stereocenters. The Balaban J connectivity index is 1.28. The fourth-order valence-electron chi connectivity index (χ4n) is 4.83. The van der Waals surface area contributed by atoms with Gasteiger partial charge in [0.1, 0.15) is 28.6 Å². The molecular weight excluding hydrogens is 645 g/mol. The highest BCUT2D eigenvalue weighted by atomic mass is 32.2. The molecule has 3 amide bonds. The van der Waals surface area contributed by atoms with E-state index in [1.54, 1.807) is 0 Å². The first kappa shape index (κ1) is 31.5. The largest absolute Gasteiger partial charge is 0.491 e. The van der Waals surface area contributed by atoms with Crippen LogP contribution in [0, 0.1) is 0 Å². The summed E-state index contributed by atoms with van der Waals surface area (Å²) in [5, 5.41) is 25.4. The predicted octanol–water partition coefficient (Wildman–Crippen LogP) is 1.47. The van der Waals surface area contributed by atoms with Crippen molar-refractivity contribution in [2.24, 2.45) is 5.16 Å². The van der Waals surface area contributed by atoms with Crippen LogP contribution in [0.2, 0.25) is 0 Å². The van der Waals surface area contributed by atoms with Gasteiger partial charge < -0.3 is 31.0 Å².